The van der Waals surface area contributed by atoms with Crippen molar-refractivity contribution in [2.75, 3.05) is 32.8 Å². The smallest absolute Gasteiger partial charge is 0.224 e. The second kappa shape index (κ2) is 9.36. The number of rotatable bonds is 6. The summed E-state index contributed by atoms with van der Waals surface area (Å²) in [5, 5.41) is 10.0. The molecule has 5 heteroatoms. The maximum Gasteiger partial charge on any atom is 0.224 e. The first-order valence-corrected chi connectivity index (χ1v) is 10.3. The summed E-state index contributed by atoms with van der Waals surface area (Å²) >= 11 is 0. The Hall–Kier alpha value is -1.88. The van der Waals surface area contributed by atoms with Crippen LogP contribution in [0, 0.1) is 5.41 Å². The van der Waals surface area contributed by atoms with Crippen molar-refractivity contribution in [3.8, 4) is 0 Å². The Kier molecular flexibility index (Phi) is 6.89. The van der Waals surface area contributed by atoms with Crippen molar-refractivity contribution in [2.45, 2.75) is 51.4 Å². The molecule has 0 aliphatic carbocycles. The Morgan fingerprint density at radius 2 is 1.78 bits per heavy atom. The number of likely N-dealkylation sites (tertiary alicyclic amines) is 2. The van der Waals surface area contributed by atoms with Gasteiger partial charge < -0.3 is 14.9 Å². The molecule has 1 aromatic rings. The number of amides is 2. The van der Waals surface area contributed by atoms with Gasteiger partial charge >= 0.3 is 0 Å². The molecule has 0 aromatic heterocycles. The van der Waals surface area contributed by atoms with Gasteiger partial charge in [0.15, 0.2) is 0 Å². The van der Waals surface area contributed by atoms with Crippen molar-refractivity contribution in [3.05, 3.63) is 35.9 Å². The van der Waals surface area contributed by atoms with Gasteiger partial charge in [-0.2, -0.15) is 0 Å². The second-order valence-electron chi connectivity index (χ2n) is 8.14. The lowest BCUT2D eigenvalue weighted by molar-refractivity contribution is -0.136. The number of carbonyl (C=O) groups excluding carboxylic acids is 2. The van der Waals surface area contributed by atoms with Crippen molar-refractivity contribution in [3.63, 3.8) is 0 Å². The molecule has 2 saturated heterocycles. The number of nitrogens with zero attached hydrogens (tertiary/aromatic N) is 2. The molecule has 5 nitrogen and oxygen atoms in total. The van der Waals surface area contributed by atoms with Crippen LogP contribution in [0.1, 0.15) is 50.5 Å². The highest BCUT2D eigenvalue weighted by Crippen LogP contribution is 2.35. The molecule has 2 amide bonds. The molecule has 3 rings (SSSR count). The van der Waals surface area contributed by atoms with Gasteiger partial charge in [-0.05, 0) is 37.7 Å². The van der Waals surface area contributed by atoms with Crippen LogP contribution < -0.4 is 0 Å². The van der Waals surface area contributed by atoms with E-state index in [-0.39, 0.29) is 23.8 Å². The normalized spacial score (nSPS) is 20.4. The first-order valence-electron chi connectivity index (χ1n) is 10.3. The molecule has 0 unspecified atom stereocenters. The maximum atomic E-state index is 12.6. The molecule has 148 valence electrons. The zero-order chi connectivity index (χ0) is 19.1. The molecule has 0 radical (unpaired) electrons. The summed E-state index contributed by atoms with van der Waals surface area (Å²) in [6, 6.07) is 10.3. The summed E-state index contributed by atoms with van der Waals surface area (Å²) in [6.45, 7) is 2.88. The summed E-state index contributed by atoms with van der Waals surface area (Å²) in [7, 11) is 0. The van der Waals surface area contributed by atoms with Crippen molar-refractivity contribution in [1.82, 2.24) is 9.80 Å². The first kappa shape index (κ1) is 19.9. The Morgan fingerprint density at radius 1 is 1.04 bits per heavy atom. The van der Waals surface area contributed by atoms with Gasteiger partial charge in [-0.15, -0.1) is 0 Å². The highest BCUT2D eigenvalue weighted by atomic mass is 16.3. The van der Waals surface area contributed by atoms with Crippen LogP contribution in [0.5, 0.6) is 0 Å². The summed E-state index contributed by atoms with van der Waals surface area (Å²) in [6.07, 6.45) is 6.66. The topological polar surface area (TPSA) is 60.9 Å². The zero-order valence-electron chi connectivity index (χ0n) is 16.2. The van der Waals surface area contributed by atoms with Crippen LogP contribution >= 0.6 is 0 Å². The minimum Gasteiger partial charge on any atom is -0.396 e. The predicted octanol–water partition coefficient (Wildman–Crippen LogP) is 2.62. The molecule has 2 aliphatic heterocycles. The van der Waals surface area contributed by atoms with Gasteiger partial charge in [0.2, 0.25) is 11.8 Å². The molecule has 2 heterocycles. The second-order valence-corrected chi connectivity index (χ2v) is 8.14. The van der Waals surface area contributed by atoms with Crippen LogP contribution in [-0.4, -0.2) is 59.5 Å². The highest BCUT2D eigenvalue weighted by molar-refractivity contribution is 5.79. The lowest BCUT2D eigenvalue weighted by Crippen LogP contribution is -2.46. The van der Waals surface area contributed by atoms with E-state index in [4.69, 9.17) is 0 Å². The monoisotopic (exact) mass is 372 g/mol. The third-order valence-corrected chi connectivity index (χ3v) is 6.20. The lowest BCUT2D eigenvalue weighted by atomic mass is 9.74. The summed E-state index contributed by atoms with van der Waals surface area (Å²) in [4.78, 5) is 28.5. The molecular weight excluding hydrogens is 340 g/mol. The first-order chi connectivity index (χ1) is 13.1. The van der Waals surface area contributed by atoms with E-state index in [1.807, 2.05) is 28.0 Å². The fourth-order valence-electron chi connectivity index (χ4n) is 4.31. The van der Waals surface area contributed by atoms with E-state index in [9.17, 15) is 14.7 Å². The molecule has 1 N–H and O–H groups in total. The maximum absolute atomic E-state index is 12.6. The molecule has 27 heavy (non-hydrogen) atoms. The largest absolute Gasteiger partial charge is 0.396 e. The molecule has 0 spiro atoms. The molecule has 0 saturated carbocycles. The fraction of sp³-hybridized carbons (Fsp3) is 0.636. The molecule has 2 fully saturated rings. The van der Waals surface area contributed by atoms with E-state index < -0.39 is 0 Å². The number of hydrogen-bond acceptors (Lipinski definition) is 3. The number of hydrogen-bond donors (Lipinski definition) is 1. The number of benzene rings is 1. The summed E-state index contributed by atoms with van der Waals surface area (Å²) < 4.78 is 0. The Morgan fingerprint density at radius 3 is 2.48 bits per heavy atom. The Bertz CT molecular complexity index is 624. The summed E-state index contributed by atoms with van der Waals surface area (Å²) in [5.74, 6) is 0.333. The third kappa shape index (κ3) is 5.32. The number of carbonyl (C=O) groups is 2. The fourth-order valence-corrected chi connectivity index (χ4v) is 4.31. The van der Waals surface area contributed by atoms with E-state index in [0.29, 0.717) is 32.5 Å². The quantitative estimate of drug-likeness (QED) is 0.835. The molecule has 0 bridgehead atoms. The average Bonchev–Trinajstić information content (AvgIpc) is 2.91. The SMILES string of the molecule is O=C1CCCCCN1CCC(=O)N1CCC(CO)(Cc2ccccc2)CC1. The van der Waals surface area contributed by atoms with Crippen LogP contribution in [0.4, 0.5) is 0 Å². The van der Waals surface area contributed by atoms with Crippen LogP contribution in [0.25, 0.3) is 0 Å². The highest BCUT2D eigenvalue weighted by Gasteiger charge is 2.35. The minimum atomic E-state index is -0.126. The van der Waals surface area contributed by atoms with E-state index >= 15 is 0 Å². The van der Waals surface area contributed by atoms with Gasteiger partial charge in [0.25, 0.3) is 0 Å². The van der Waals surface area contributed by atoms with Gasteiger partial charge in [-0.3, -0.25) is 9.59 Å². The van der Waals surface area contributed by atoms with Crippen molar-refractivity contribution in [2.24, 2.45) is 5.41 Å². The number of piperidine rings is 1. The van der Waals surface area contributed by atoms with Gasteiger partial charge in [0, 0.05) is 51.0 Å². The molecule has 0 atom stereocenters. The standard InChI is InChI=1S/C22H32N2O3/c25-18-22(17-19-7-3-1-4-8-19)11-15-24(16-12-22)21(27)10-14-23-13-6-2-5-9-20(23)26/h1,3-4,7-8,25H,2,5-6,9-18H2. The Labute approximate surface area is 162 Å². The van der Waals surface area contributed by atoms with E-state index in [2.05, 4.69) is 12.1 Å². The summed E-state index contributed by atoms with van der Waals surface area (Å²) in [5.41, 5.74) is 1.12. The molecular formula is C22H32N2O3. The van der Waals surface area contributed by atoms with Gasteiger partial charge in [-0.25, -0.2) is 0 Å². The van der Waals surface area contributed by atoms with Crippen LogP contribution in [0.2, 0.25) is 0 Å². The lowest BCUT2D eigenvalue weighted by Gasteiger charge is -2.41. The van der Waals surface area contributed by atoms with Gasteiger partial charge in [0.1, 0.15) is 0 Å². The van der Waals surface area contributed by atoms with E-state index in [0.717, 1.165) is 45.1 Å². The van der Waals surface area contributed by atoms with Crippen molar-refractivity contribution < 1.29 is 14.7 Å². The van der Waals surface area contributed by atoms with Gasteiger partial charge in [-0.1, -0.05) is 36.8 Å². The zero-order valence-corrected chi connectivity index (χ0v) is 16.2. The van der Waals surface area contributed by atoms with Crippen LogP contribution in [0.15, 0.2) is 30.3 Å². The minimum absolute atomic E-state index is 0.126. The van der Waals surface area contributed by atoms with Crippen molar-refractivity contribution in [1.29, 1.82) is 0 Å². The Balaban J connectivity index is 1.48. The van der Waals surface area contributed by atoms with Gasteiger partial charge in [0.05, 0.1) is 0 Å². The van der Waals surface area contributed by atoms with Crippen molar-refractivity contribution >= 4 is 11.8 Å². The average molecular weight is 373 g/mol. The molecule has 2 aliphatic rings. The van der Waals surface area contributed by atoms with Crippen LogP contribution in [-0.2, 0) is 16.0 Å². The third-order valence-electron chi connectivity index (χ3n) is 6.20. The molecule has 1 aromatic carbocycles. The number of aliphatic hydroxyl groups excluding tert-OH is 1. The van der Waals surface area contributed by atoms with E-state index in [1.54, 1.807) is 0 Å². The predicted molar refractivity (Wildman–Crippen MR) is 105 cm³/mol. The van der Waals surface area contributed by atoms with Crippen LogP contribution in [0.3, 0.4) is 0 Å². The number of aliphatic hydroxyl groups is 1. The van der Waals surface area contributed by atoms with E-state index in [1.165, 1.54) is 5.56 Å².